The molecule has 1 unspecified atom stereocenters. The van der Waals surface area contributed by atoms with Crippen molar-refractivity contribution >= 4 is 11.6 Å². The molecule has 1 atom stereocenters. The van der Waals surface area contributed by atoms with Crippen LogP contribution in [0.1, 0.15) is 24.0 Å². The number of aryl methyl sites for hydroxylation is 1. The fourth-order valence-corrected chi connectivity index (χ4v) is 2.85. The van der Waals surface area contributed by atoms with Gasteiger partial charge in [0.25, 0.3) is 0 Å². The predicted molar refractivity (Wildman–Crippen MR) is 74.3 cm³/mol. The minimum atomic E-state index is -0.126. The van der Waals surface area contributed by atoms with Crippen molar-refractivity contribution in [3.63, 3.8) is 0 Å². The highest BCUT2D eigenvalue weighted by atomic mass is 16.5. The van der Waals surface area contributed by atoms with Crippen molar-refractivity contribution in [3.05, 3.63) is 29.3 Å². The molecule has 3 rings (SSSR count). The molecule has 0 aliphatic carbocycles. The molecule has 102 valence electrons. The topological polar surface area (TPSA) is 50.4 Å². The number of anilines is 1. The van der Waals surface area contributed by atoms with Gasteiger partial charge in [0.2, 0.25) is 5.91 Å². The molecule has 1 fully saturated rings. The van der Waals surface area contributed by atoms with E-state index in [0.29, 0.717) is 0 Å². The lowest BCUT2D eigenvalue weighted by Gasteiger charge is -2.24. The summed E-state index contributed by atoms with van der Waals surface area (Å²) < 4.78 is 5.31. The molecule has 0 saturated carbocycles. The number of amides is 1. The van der Waals surface area contributed by atoms with Gasteiger partial charge in [-0.05, 0) is 30.9 Å². The van der Waals surface area contributed by atoms with Crippen LogP contribution in [0, 0.1) is 6.92 Å². The summed E-state index contributed by atoms with van der Waals surface area (Å²) in [5, 5.41) is 6.48. The van der Waals surface area contributed by atoms with Crippen molar-refractivity contribution in [1.29, 1.82) is 0 Å². The monoisotopic (exact) mass is 260 g/mol. The third kappa shape index (κ3) is 2.59. The fourth-order valence-electron chi connectivity index (χ4n) is 2.85. The van der Waals surface area contributed by atoms with Gasteiger partial charge in [0.15, 0.2) is 0 Å². The Morgan fingerprint density at radius 2 is 2.16 bits per heavy atom. The van der Waals surface area contributed by atoms with Crippen LogP contribution in [0.15, 0.2) is 18.2 Å². The minimum absolute atomic E-state index is 0.113. The number of rotatable bonds is 2. The Labute approximate surface area is 113 Å². The number of benzene rings is 1. The highest BCUT2D eigenvalue weighted by Gasteiger charge is 2.29. The summed E-state index contributed by atoms with van der Waals surface area (Å²) in [4.78, 5) is 12.3. The average molecular weight is 260 g/mol. The van der Waals surface area contributed by atoms with E-state index in [9.17, 15) is 4.79 Å². The normalized spacial score (nSPS) is 22.7. The molecule has 0 aromatic heterocycles. The van der Waals surface area contributed by atoms with Gasteiger partial charge in [-0.25, -0.2) is 0 Å². The molecule has 2 heterocycles. The molecule has 2 aliphatic heterocycles. The lowest BCUT2D eigenvalue weighted by Crippen LogP contribution is -2.45. The molecular weight excluding hydrogens is 240 g/mol. The Morgan fingerprint density at radius 1 is 1.37 bits per heavy atom. The number of ether oxygens (including phenoxy) is 1. The molecule has 2 N–H and O–H groups in total. The van der Waals surface area contributed by atoms with Crippen molar-refractivity contribution in [2.75, 3.05) is 18.5 Å². The highest BCUT2D eigenvalue weighted by molar-refractivity contribution is 5.88. The summed E-state index contributed by atoms with van der Waals surface area (Å²) in [5.74, 6) is 0.113. The number of nitrogens with one attached hydrogen (secondary N) is 2. The van der Waals surface area contributed by atoms with Gasteiger partial charge in [-0.2, -0.15) is 0 Å². The van der Waals surface area contributed by atoms with Crippen LogP contribution in [0.2, 0.25) is 0 Å². The van der Waals surface area contributed by atoms with Crippen LogP contribution in [0.25, 0.3) is 0 Å². The lowest BCUT2D eigenvalue weighted by atomic mass is 10.1. The first-order valence-corrected chi connectivity index (χ1v) is 6.97. The predicted octanol–water partition coefficient (Wildman–Crippen LogP) is 1.63. The van der Waals surface area contributed by atoms with Crippen LogP contribution in [-0.2, 0) is 16.0 Å². The molecule has 0 spiro atoms. The van der Waals surface area contributed by atoms with E-state index >= 15 is 0 Å². The molecule has 0 radical (unpaired) electrons. The number of hydrogen-bond acceptors (Lipinski definition) is 3. The third-order valence-corrected chi connectivity index (χ3v) is 3.99. The van der Waals surface area contributed by atoms with E-state index in [1.165, 1.54) is 11.1 Å². The van der Waals surface area contributed by atoms with E-state index in [1.807, 2.05) is 0 Å². The van der Waals surface area contributed by atoms with Crippen LogP contribution in [0.4, 0.5) is 5.69 Å². The lowest BCUT2D eigenvalue weighted by molar-refractivity contribution is -0.123. The van der Waals surface area contributed by atoms with Crippen molar-refractivity contribution < 1.29 is 9.53 Å². The second-order valence-electron chi connectivity index (χ2n) is 5.41. The Hall–Kier alpha value is -1.55. The first-order valence-electron chi connectivity index (χ1n) is 6.97. The van der Waals surface area contributed by atoms with E-state index in [2.05, 4.69) is 35.8 Å². The SMILES string of the molecule is Cc1cccc2c1NC(C(=O)NC1CCOCC1)C2. The number of para-hydroxylation sites is 1. The molecular formula is C15H20N2O2. The number of fused-ring (bicyclic) bond motifs is 1. The first-order chi connectivity index (χ1) is 9.24. The smallest absolute Gasteiger partial charge is 0.243 e. The van der Waals surface area contributed by atoms with E-state index < -0.39 is 0 Å². The van der Waals surface area contributed by atoms with Gasteiger partial charge < -0.3 is 15.4 Å². The van der Waals surface area contributed by atoms with Gasteiger partial charge in [0.05, 0.1) is 0 Å². The average Bonchev–Trinajstić information content (AvgIpc) is 2.85. The quantitative estimate of drug-likeness (QED) is 0.849. The van der Waals surface area contributed by atoms with Gasteiger partial charge in [-0.1, -0.05) is 18.2 Å². The molecule has 4 heteroatoms. The van der Waals surface area contributed by atoms with Gasteiger partial charge in [0, 0.05) is 31.4 Å². The summed E-state index contributed by atoms with van der Waals surface area (Å²) >= 11 is 0. The highest BCUT2D eigenvalue weighted by Crippen LogP contribution is 2.29. The maximum absolute atomic E-state index is 12.3. The molecule has 1 aromatic carbocycles. The van der Waals surface area contributed by atoms with Crippen molar-refractivity contribution in [2.24, 2.45) is 0 Å². The summed E-state index contributed by atoms with van der Waals surface area (Å²) in [5.41, 5.74) is 3.58. The molecule has 1 saturated heterocycles. The van der Waals surface area contributed by atoms with Gasteiger partial charge in [0.1, 0.15) is 6.04 Å². The largest absolute Gasteiger partial charge is 0.381 e. The van der Waals surface area contributed by atoms with Crippen LogP contribution >= 0.6 is 0 Å². The summed E-state index contributed by atoms with van der Waals surface area (Å²) in [6.07, 6.45) is 2.63. The maximum Gasteiger partial charge on any atom is 0.243 e. The first kappa shape index (κ1) is 12.5. The Balaban J connectivity index is 1.62. The maximum atomic E-state index is 12.3. The van der Waals surface area contributed by atoms with Gasteiger partial charge in [-0.3, -0.25) is 4.79 Å². The molecule has 0 bridgehead atoms. The second-order valence-corrected chi connectivity index (χ2v) is 5.41. The Morgan fingerprint density at radius 3 is 2.89 bits per heavy atom. The van der Waals surface area contributed by atoms with Crippen LogP contribution < -0.4 is 10.6 Å². The van der Waals surface area contributed by atoms with E-state index in [4.69, 9.17) is 4.74 Å². The van der Waals surface area contributed by atoms with Gasteiger partial charge >= 0.3 is 0 Å². The minimum Gasteiger partial charge on any atom is -0.381 e. The zero-order valence-corrected chi connectivity index (χ0v) is 11.2. The molecule has 19 heavy (non-hydrogen) atoms. The van der Waals surface area contributed by atoms with E-state index in [1.54, 1.807) is 0 Å². The summed E-state index contributed by atoms with van der Waals surface area (Å²) in [6.45, 7) is 3.58. The molecule has 4 nitrogen and oxygen atoms in total. The standard InChI is InChI=1S/C15H20N2O2/c1-10-3-2-4-11-9-13(17-14(10)11)15(18)16-12-5-7-19-8-6-12/h2-4,12-13,17H,5-9H2,1H3,(H,16,18). The number of carbonyl (C=O) groups excluding carboxylic acids is 1. The summed E-state index contributed by atoms with van der Waals surface area (Å²) in [6, 6.07) is 6.36. The van der Waals surface area contributed by atoms with E-state index in [-0.39, 0.29) is 18.0 Å². The zero-order chi connectivity index (χ0) is 13.2. The van der Waals surface area contributed by atoms with Crippen molar-refractivity contribution in [3.8, 4) is 0 Å². The molecule has 1 amide bonds. The van der Waals surface area contributed by atoms with Crippen molar-refractivity contribution in [2.45, 2.75) is 38.3 Å². The van der Waals surface area contributed by atoms with Crippen LogP contribution in [0.5, 0.6) is 0 Å². The second kappa shape index (κ2) is 5.21. The van der Waals surface area contributed by atoms with E-state index in [0.717, 1.165) is 38.2 Å². The fraction of sp³-hybridized carbons (Fsp3) is 0.533. The van der Waals surface area contributed by atoms with Gasteiger partial charge in [-0.15, -0.1) is 0 Å². The molecule has 2 aliphatic rings. The van der Waals surface area contributed by atoms with Crippen molar-refractivity contribution in [1.82, 2.24) is 5.32 Å². The third-order valence-electron chi connectivity index (χ3n) is 3.99. The number of carbonyl (C=O) groups is 1. The Bertz CT molecular complexity index is 481. The van der Waals surface area contributed by atoms with Crippen LogP contribution in [0.3, 0.4) is 0 Å². The Kier molecular flexibility index (Phi) is 3.42. The zero-order valence-electron chi connectivity index (χ0n) is 11.2. The molecule has 1 aromatic rings. The van der Waals surface area contributed by atoms with Crippen LogP contribution in [-0.4, -0.2) is 31.2 Å². The number of hydrogen-bond donors (Lipinski definition) is 2. The summed E-state index contributed by atoms with van der Waals surface area (Å²) in [7, 11) is 0.